The standard InChI is InChI=1S/C11H12BrClN4O2S/c1-6-10(11(14)15-17(6)2)20(18,19)16-7-3-4-9(13)8(12)5-7/h3-5,16H,1-2H3,(H2,14,15). The summed E-state index contributed by atoms with van der Waals surface area (Å²) >= 11 is 9.10. The minimum absolute atomic E-state index is 0.0222. The van der Waals surface area contributed by atoms with Crippen LogP contribution >= 0.6 is 27.5 Å². The fraction of sp³-hybridized carbons (Fsp3) is 0.182. The number of sulfonamides is 1. The Kier molecular flexibility index (Phi) is 3.99. The van der Waals surface area contributed by atoms with Gasteiger partial charge in [-0.25, -0.2) is 8.42 Å². The Labute approximate surface area is 130 Å². The van der Waals surface area contributed by atoms with Gasteiger partial charge in [0.2, 0.25) is 0 Å². The van der Waals surface area contributed by atoms with E-state index in [2.05, 4.69) is 25.8 Å². The number of nitrogens with zero attached hydrogens (tertiary/aromatic N) is 2. The van der Waals surface area contributed by atoms with Crippen LogP contribution in [0.15, 0.2) is 27.6 Å². The van der Waals surface area contributed by atoms with E-state index in [4.69, 9.17) is 17.3 Å². The quantitative estimate of drug-likeness (QED) is 0.857. The molecule has 108 valence electrons. The van der Waals surface area contributed by atoms with Crippen LogP contribution in [0, 0.1) is 6.92 Å². The van der Waals surface area contributed by atoms with E-state index in [1.54, 1.807) is 32.2 Å². The maximum Gasteiger partial charge on any atom is 0.267 e. The first-order chi connectivity index (χ1) is 9.22. The zero-order chi connectivity index (χ0) is 15.1. The molecule has 0 fully saturated rings. The number of benzene rings is 1. The van der Waals surface area contributed by atoms with Crippen LogP contribution in [-0.2, 0) is 17.1 Å². The van der Waals surface area contributed by atoms with Gasteiger partial charge in [-0.1, -0.05) is 11.6 Å². The minimum atomic E-state index is -3.81. The summed E-state index contributed by atoms with van der Waals surface area (Å²) in [5, 5.41) is 4.39. The second kappa shape index (κ2) is 5.27. The van der Waals surface area contributed by atoms with E-state index in [1.807, 2.05) is 0 Å². The van der Waals surface area contributed by atoms with Crippen molar-refractivity contribution >= 4 is 49.1 Å². The molecule has 0 atom stereocenters. The summed E-state index contributed by atoms with van der Waals surface area (Å²) < 4.78 is 29.2. The van der Waals surface area contributed by atoms with E-state index < -0.39 is 10.0 Å². The predicted molar refractivity (Wildman–Crippen MR) is 82.3 cm³/mol. The van der Waals surface area contributed by atoms with Crippen LogP contribution in [0.4, 0.5) is 11.5 Å². The lowest BCUT2D eigenvalue weighted by Gasteiger charge is -2.09. The summed E-state index contributed by atoms with van der Waals surface area (Å²) in [5.41, 5.74) is 6.49. The lowest BCUT2D eigenvalue weighted by atomic mass is 10.3. The SMILES string of the molecule is Cc1c(S(=O)(=O)Nc2ccc(Cl)c(Br)c2)c(N)nn1C. The molecule has 0 amide bonds. The van der Waals surface area contributed by atoms with Crippen molar-refractivity contribution in [3.8, 4) is 0 Å². The average Bonchev–Trinajstić information content (AvgIpc) is 2.58. The van der Waals surface area contributed by atoms with Crippen molar-refractivity contribution in [2.45, 2.75) is 11.8 Å². The average molecular weight is 380 g/mol. The molecule has 0 aliphatic heterocycles. The third-order valence-electron chi connectivity index (χ3n) is 2.74. The molecule has 1 aromatic heterocycles. The van der Waals surface area contributed by atoms with Gasteiger partial charge in [0, 0.05) is 11.5 Å². The Morgan fingerprint density at radius 2 is 2.10 bits per heavy atom. The van der Waals surface area contributed by atoms with Crippen molar-refractivity contribution in [3.05, 3.63) is 33.4 Å². The first-order valence-electron chi connectivity index (χ1n) is 5.49. The molecule has 20 heavy (non-hydrogen) atoms. The number of anilines is 2. The molecular weight excluding hydrogens is 368 g/mol. The maximum absolute atomic E-state index is 12.4. The Balaban J connectivity index is 2.43. The summed E-state index contributed by atoms with van der Waals surface area (Å²) in [6.07, 6.45) is 0. The van der Waals surface area contributed by atoms with E-state index in [-0.39, 0.29) is 10.7 Å². The molecule has 0 saturated carbocycles. The highest BCUT2D eigenvalue weighted by Gasteiger charge is 2.24. The molecule has 0 unspecified atom stereocenters. The normalized spacial score (nSPS) is 11.6. The highest BCUT2D eigenvalue weighted by Crippen LogP contribution is 2.28. The number of hydrogen-bond donors (Lipinski definition) is 2. The second-order valence-electron chi connectivity index (χ2n) is 4.16. The molecule has 1 aromatic carbocycles. The van der Waals surface area contributed by atoms with Crippen LogP contribution in [0.25, 0.3) is 0 Å². The lowest BCUT2D eigenvalue weighted by Crippen LogP contribution is -2.15. The van der Waals surface area contributed by atoms with E-state index >= 15 is 0 Å². The summed E-state index contributed by atoms with van der Waals surface area (Å²) in [4.78, 5) is -0.0222. The Bertz CT molecular complexity index is 773. The first-order valence-corrected chi connectivity index (χ1v) is 8.14. The summed E-state index contributed by atoms with van der Waals surface area (Å²) in [6.45, 7) is 1.63. The van der Waals surface area contributed by atoms with Crippen molar-refractivity contribution in [3.63, 3.8) is 0 Å². The van der Waals surface area contributed by atoms with Gasteiger partial charge in [0.05, 0.1) is 16.4 Å². The highest BCUT2D eigenvalue weighted by molar-refractivity contribution is 9.10. The number of rotatable bonds is 3. The fourth-order valence-electron chi connectivity index (χ4n) is 1.71. The predicted octanol–water partition coefficient (Wildman–Crippen LogP) is 2.53. The third kappa shape index (κ3) is 2.77. The first kappa shape index (κ1) is 15.1. The highest BCUT2D eigenvalue weighted by atomic mass is 79.9. The lowest BCUT2D eigenvalue weighted by molar-refractivity contribution is 0.600. The van der Waals surface area contributed by atoms with Gasteiger partial charge in [-0.15, -0.1) is 0 Å². The minimum Gasteiger partial charge on any atom is -0.381 e. The summed E-state index contributed by atoms with van der Waals surface area (Å²) in [6, 6.07) is 4.72. The van der Waals surface area contributed by atoms with Crippen LogP contribution < -0.4 is 10.5 Å². The van der Waals surface area contributed by atoms with Gasteiger partial charge in [-0.3, -0.25) is 9.40 Å². The fourth-order valence-corrected chi connectivity index (χ4v) is 3.59. The molecule has 2 rings (SSSR count). The van der Waals surface area contributed by atoms with Crippen LogP contribution in [0.2, 0.25) is 5.02 Å². The molecular formula is C11H12BrClN4O2S. The zero-order valence-electron chi connectivity index (χ0n) is 10.7. The second-order valence-corrected chi connectivity index (χ2v) is 7.04. The molecule has 9 heteroatoms. The summed E-state index contributed by atoms with van der Waals surface area (Å²) in [7, 11) is -2.18. The van der Waals surface area contributed by atoms with E-state index in [1.165, 1.54) is 4.68 Å². The van der Waals surface area contributed by atoms with E-state index in [0.29, 0.717) is 20.9 Å². The Morgan fingerprint density at radius 3 is 2.60 bits per heavy atom. The van der Waals surface area contributed by atoms with Gasteiger partial charge >= 0.3 is 0 Å². The number of hydrogen-bond acceptors (Lipinski definition) is 4. The van der Waals surface area contributed by atoms with Crippen molar-refractivity contribution < 1.29 is 8.42 Å². The smallest absolute Gasteiger partial charge is 0.267 e. The van der Waals surface area contributed by atoms with E-state index in [9.17, 15) is 8.42 Å². The number of aromatic nitrogens is 2. The third-order valence-corrected chi connectivity index (χ3v) is 5.51. The van der Waals surface area contributed by atoms with Gasteiger partial charge in [0.15, 0.2) is 10.7 Å². The molecule has 0 aliphatic rings. The van der Waals surface area contributed by atoms with Gasteiger partial charge < -0.3 is 5.73 Å². The molecule has 0 aliphatic carbocycles. The molecule has 6 nitrogen and oxygen atoms in total. The van der Waals surface area contributed by atoms with Gasteiger partial charge in [0.1, 0.15) is 0 Å². The number of nitrogens with one attached hydrogen (secondary N) is 1. The topological polar surface area (TPSA) is 90.0 Å². The largest absolute Gasteiger partial charge is 0.381 e. The number of nitrogen functional groups attached to an aromatic ring is 1. The van der Waals surface area contributed by atoms with Crippen LogP contribution in [0.1, 0.15) is 5.69 Å². The van der Waals surface area contributed by atoms with Gasteiger partial charge in [-0.2, -0.15) is 5.10 Å². The zero-order valence-corrected chi connectivity index (χ0v) is 13.8. The van der Waals surface area contributed by atoms with Crippen LogP contribution in [0.5, 0.6) is 0 Å². The van der Waals surface area contributed by atoms with Crippen molar-refractivity contribution in [2.75, 3.05) is 10.5 Å². The molecule has 0 radical (unpaired) electrons. The van der Waals surface area contributed by atoms with E-state index in [0.717, 1.165) is 0 Å². The molecule has 0 spiro atoms. The van der Waals surface area contributed by atoms with Crippen molar-refractivity contribution in [1.29, 1.82) is 0 Å². The Morgan fingerprint density at radius 1 is 1.45 bits per heavy atom. The number of aryl methyl sites for hydroxylation is 1. The van der Waals surface area contributed by atoms with Gasteiger partial charge in [0.25, 0.3) is 10.0 Å². The molecule has 2 aromatic rings. The summed E-state index contributed by atoms with van der Waals surface area (Å²) in [5.74, 6) is -0.0365. The number of halogens is 2. The molecule has 3 N–H and O–H groups in total. The van der Waals surface area contributed by atoms with Crippen LogP contribution in [-0.4, -0.2) is 18.2 Å². The van der Waals surface area contributed by atoms with Crippen LogP contribution in [0.3, 0.4) is 0 Å². The molecule has 0 saturated heterocycles. The van der Waals surface area contributed by atoms with Gasteiger partial charge in [-0.05, 0) is 41.1 Å². The van der Waals surface area contributed by atoms with Crippen molar-refractivity contribution in [1.82, 2.24) is 9.78 Å². The monoisotopic (exact) mass is 378 g/mol. The Hall–Kier alpha value is -1.25. The maximum atomic E-state index is 12.4. The molecule has 0 bridgehead atoms. The number of nitrogens with two attached hydrogens (primary N) is 1. The molecule has 1 heterocycles. The van der Waals surface area contributed by atoms with Crippen molar-refractivity contribution in [2.24, 2.45) is 7.05 Å².